The first-order valence-electron chi connectivity index (χ1n) is 8.28. The van der Waals surface area contributed by atoms with Crippen molar-refractivity contribution >= 4 is 0 Å². The summed E-state index contributed by atoms with van der Waals surface area (Å²) >= 11 is 0. The Kier molecular flexibility index (Phi) is 24.6. The molecule has 0 atom stereocenters. The third-order valence-electron chi connectivity index (χ3n) is 2.42. The Morgan fingerprint density at radius 1 is 1.10 bits per heavy atom. The number of aliphatic hydroxyl groups excluding tert-OH is 1. The Hall–Kier alpha value is -1.34. The van der Waals surface area contributed by atoms with E-state index in [9.17, 15) is 0 Å². The summed E-state index contributed by atoms with van der Waals surface area (Å²) in [6.45, 7) is 18.0. The molecule has 0 bridgehead atoms. The van der Waals surface area contributed by atoms with Gasteiger partial charge in [-0.15, -0.1) is 0 Å². The summed E-state index contributed by atoms with van der Waals surface area (Å²) < 4.78 is 0. The van der Waals surface area contributed by atoms with E-state index >= 15 is 0 Å². The molecule has 21 heavy (non-hydrogen) atoms. The Bertz CT molecular complexity index is 341. The van der Waals surface area contributed by atoms with E-state index in [0.29, 0.717) is 0 Å². The zero-order valence-corrected chi connectivity index (χ0v) is 15.2. The zero-order chi connectivity index (χ0) is 17.1. The Morgan fingerprint density at radius 2 is 1.67 bits per heavy atom. The van der Waals surface area contributed by atoms with Crippen molar-refractivity contribution in [3.05, 3.63) is 59.8 Å². The average molecular weight is 293 g/mol. The molecule has 0 spiro atoms. The van der Waals surface area contributed by atoms with Gasteiger partial charge in [0, 0.05) is 0 Å². The predicted molar refractivity (Wildman–Crippen MR) is 99.6 cm³/mol. The van der Waals surface area contributed by atoms with Gasteiger partial charge in [0.05, 0.1) is 6.61 Å². The first-order valence-corrected chi connectivity index (χ1v) is 8.28. The van der Waals surface area contributed by atoms with E-state index in [1.165, 1.54) is 5.57 Å². The highest BCUT2D eigenvalue weighted by Crippen LogP contribution is 2.17. The van der Waals surface area contributed by atoms with Crippen LogP contribution in [-0.4, -0.2) is 11.7 Å². The first-order chi connectivity index (χ1) is 10.3. The molecule has 0 unspecified atom stereocenters. The molecule has 0 radical (unpaired) electrons. The number of aliphatic hydroxyl groups is 1. The molecule has 0 aliphatic heterocycles. The molecule has 0 aromatic heterocycles. The number of hydrogen-bond donors (Lipinski definition) is 1. The van der Waals surface area contributed by atoms with Crippen molar-refractivity contribution in [1.82, 2.24) is 0 Å². The van der Waals surface area contributed by atoms with Crippen LogP contribution in [0, 0.1) is 0 Å². The number of rotatable bonds is 4. The molecule has 1 aliphatic carbocycles. The molecule has 0 saturated carbocycles. The summed E-state index contributed by atoms with van der Waals surface area (Å²) in [7, 11) is 0. The van der Waals surface area contributed by atoms with E-state index in [-0.39, 0.29) is 6.61 Å². The second kappa shape index (κ2) is 21.0. The fraction of sp³-hybridized carbons (Fsp3) is 0.500. The zero-order valence-electron chi connectivity index (χ0n) is 15.2. The maximum atomic E-state index is 8.97. The summed E-state index contributed by atoms with van der Waals surface area (Å²) in [4.78, 5) is 0. The van der Waals surface area contributed by atoms with Crippen LogP contribution in [0.5, 0.6) is 0 Å². The maximum Gasteiger partial charge on any atom is 0.0678 e. The highest BCUT2D eigenvalue weighted by Gasteiger charge is 1.98. The van der Waals surface area contributed by atoms with Crippen molar-refractivity contribution in [2.24, 2.45) is 0 Å². The van der Waals surface area contributed by atoms with Gasteiger partial charge in [-0.1, -0.05) is 84.6 Å². The first kappa shape index (κ1) is 24.7. The lowest BCUT2D eigenvalue weighted by molar-refractivity contribution is 0.335. The Morgan fingerprint density at radius 3 is 2.05 bits per heavy atom. The molecule has 1 rings (SSSR count). The molecule has 0 aromatic rings. The maximum absolute atomic E-state index is 8.97. The van der Waals surface area contributed by atoms with Crippen LogP contribution in [0.1, 0.15) is 61.3 Å². The van der Waals surface area contributed by atoms with Crippen LogP contribution in [0.25, 0.3) is 0 Å². The predicted octanol–water partition coefficient (Wildman–Crippen LogP) is 6.39. The topological polar surface area (TPSA) is 20.2 Å². The van der Waals surface area contributed by atoms with Crippen molar-refractivity contribution in [2.75, 3.05) is 6.61 Å². The molecule has 0 amide bonds. The lowest BCUT2D eigenvalue weighted by Gasteiger charge is -2.06. The molecule has 1 aliphatic rings. The molecule has 0 aromatic carbocycles. The van der Waals surface area contributed by atoms with Crippen LogP contribution in [0.15, 0.2) is 59.8 Å². The van der Waals surface area contributed by atoms with Crippen LogP contribution < -0.4 is 0 Å². The molecule has 1 heteroatoms. The van der Waals surface area contributed by atoms with Gasteiger partial charge in [0.1, 0.15) is 0 Å². The van der Waals surface area contributed by atoms with Crippen LogP contribution in [0.3, 0.4) is 0 Å². The SMILES string of the molecule is C=C(/C=C\C(=C/C)CO)C1=CCCC=C1.CC.CC.CC. The number of hydrogen-bond acceptors (Lipinski definition) is 1. The van der Waals surface area contributed by atoms with Gasteiger partial charge in [0.25, 0.3) is 0 Å². The van der Waals surface area contributed by atoms with Crippen LogP contribution in [-0.2, 0) is 0 Å². The molecule has 0 fully saturated rings. The minimum absolute atomic E-state index is 0.0785. The van der Waals surface area contributed by atoms with Gasteiger partial charge in [-0.2, -0.15) is 0 Å². The van der Waals surface area contributed by atoms with Gasteiger partial charge >= 0.3 is 0 Å². The highest BCUT2D eigenvalue weighted by atomic mass is 16.3. The molecule has 0 heterocycles. The van der Waals surface area contributed by atoms with E-state index in [4.69, 9.17) is 5.11 Å². The summed E-state index contributed by atoms with van der Waals surface area (Å²) in [5.74, 6) is 0. The monoisotopic (exact) mass is 292 g/mol. The lowest BCUT2D eigenvalue weighted by atomic mass is 10.00. The normalized spacial score (nSPS) is 13.0. The van der Waals surface area contributed by atoms with Gasteiger partial charge in [0.15, 0.2) is 0 Å². The smallest absolute Gasteiger partial charge is 0.0678 e. The molecule has 0 saturated heterocycles. The van der Waals surface area contributed by atoms with Crippen LogP contribution >= 0.6 is 0 Å². The minimum Gasteiger partial charge on any atom is -0.392 e. The Balaban J connectivity index is -0.000000478. The molecule has 1 nitrogen and oxygen atoms in total. The summed E-state index contributed by atoms with van der Waals surface area (Å²) in [6.07, 6.45) is 14.4. The van der Waals surface area contributed by atoms with Crippen molar-refractivity contribution in [3.63, 3.8) is 0 Å². The quantitative estimate of drug-likeness (QED) is 0.595. The van der Waals surface area contributed by atoms with E-state index in [0.717, 1.165) is 24.0 Å². The summed E-state index contributed by atoms with van der Waals surface area (Å²) in [6, 6.07) is 0. The third-order valence-corrected chi connectivity index (χ3v) is 2.42. The Labute approximate surface area is 133 Å². The van der Waals surface area contributed by atoms with E-state index in [1.807, 2.05) is 66.7 Å². The standard InChI is InChI=1S/C14H18O.3C2H6/c1-3-13(11-15)10-9-12(2)14-7-5-4-6-8-14;3*1-2/h3,5,7-10,15H,2,4,6,11H2,1H3;3*1-2H3/b10-9-,13-3+;;;. The van der Waals surface area contributed by atoms with Crippen LogP contribution in [0.2, 0.25) is 0 Å². The lowest BCUT2D eigenvalue weighted by Crippen LogP contribution is -1.88. The largest absolute Gasteiger partial charge is 0.392 e. The van der Waals surface area contributed by atoms with Crippen LogP contribution in [0.4, 0.5) is 0 Å². The fourth-order valence-electron chi connectivity index (χ4n) is 1.40. The molecular weight excluding hydrogens is 256 g/mol. The molecule has 122 valence electrons. The van der Waals surface area contributed by atoms with Gasteiger partial charge in [-0.05, 0) is 36.5 Å². The molecule has 1 N–H and O–H groups in total. The second-order valence-corrected chi connectivity index (χ2v) is 3.52. The van der Waals surface area contributed by atoms with Gasteiger partial charge < -0.3 is 5.11 Å². The molecular formula is C20H36O. The second-order valence-electron chi connectivity index (χ2n) is 3.52. The van der Waals surface area contributed by atoms with E-state index in [1.54, 1.807) is 0 Å². The minimum atomic E-state index is 0.0785. The van der Waals surface area contributed by atoms with E-state index < -0.39 is 0 Å². The fourth-order valence-corrected chi connectivity index (χ4v) is 1.40. The van der Waals surface area contributed by atoms with Crippen molar-refractivity contribution in [3.8, 4) is 0 Å². The van der Waals surface area contributed by atoms with Gasteiger partial charge in [-0.3, -0.25) is 0 Å². The van der Waals surface area contributed by atoms with Gasteiger partial charge in [-0.25, -0.2) is 0 Å². The highest BCUT2D eigenvalue weighted by molar-refractivity contribution is 5.47. The van der Waals surface area contributed by atoms with Crippen molar-refractivity contribution in [1.29, 1.82) is 0 Å². The summed E-state index contributed by atoms with van der Waals surface area (Å²) in [5, 5.41) is 8.97. The summed E-state index contributed by atoms with van der Waals surface area (Å²) in [5.41, 5.74) is 3.10. The van der Waals surface area contributed by atoms with E-state index in [2.05, 4.69) is 24.8 Å². The van der Waals surface area contributed by atoms with Gasteiger partial charge in [0.2, 0.25) is 0 Å². The number of allylic oxidation sites excluding steroid dienone is 7. The van der Waals surface area contributed by atoms with Crippen molar-refractivity contribution < 1.29 is 5.11 Å². The third kappa shape index (κ3) is 13.4. The van der Waals surface area contributed by atoms with Crippen molar-refractivity contribution in [2.45, 2.75) is 61.3 Å². The average Bonchev–Trinajstić information content (AvgIpc) is 2.61.